The van der Waals surface area contributed by atoms with Gasteiger partial charge in [-0.3, -0.25) is 0 Å². The molecule has 0 bridgehead atoms. The van der Waals surface area contributed by atoms with Gasteiger partial charge in [-0.05, 0) is 0 Å². The van der Waals surface area contributed by atoms with Crippen LogP contribution < -0.4 is 0 Å². The molecule has 8 heavy (non-hydrogen) atoms. The van der Waals surface area contributed by atoms with Crippen molar-refractivity contribution in [2.75, 3.05) is 0 Å². The van der Waals surface area contributed by atoms with E-state index in [1.54, 1.807) is 10.0 Å². The fourth-order valence-corrected chi connectivity index (χ4v) is 3.52. The van der Waals surface area contributed by atoms with Crippen molar-refractivity contribution in [3.63, 3.8) is 0 Å². The first-order chi connectivity index (χ1) is 3.41. The predicted molar refractivity (Wildman–Crippen MR) is 40.5 cm³/mol. The summed E-state index contributed by atoms with van der Waals surface area (Å²) in [5, 5.41) is 3.17. The molecule has 0 aliphatic heterocycles. The minimum atomic E-state index is 0. The van der Waals surface area contributed by atoms with E-state index in [2.05, 4.69) is 13.8 Å². The van der Waals surface area contributed by atoms with Gasteiger partial charge >= 0.3 is 53.8 Å². The molecule has 0 aromatic rings. The normalized spacial score (nSPS) is 7.25. The molecule has 0 amide bonds. The van der Waals surface area contributed by atoms with Crippen LogP contribution in [0.2, 0.25) is 10.0 Å². The molecule has 0 rings (SSSR count). The molecule has 48 valence electrons. The summed E-state index contributed by atoms with van der Waals surface area (Å²) in [4.78, 5) is 0. The third-order valence-corrected chi connectivity index (χ3v) is 4.79. The van der Waals surface area contributed by atoms with Gasteiger partial charge in [0.05, 0.1) is 0 Å². The summed E-state index contributed by atoms with van der Waals surface area (Å²) >= 11 is 0.0559. The summed E-state index contributed by atoms with van der Waals surface area (Å²) in [5.41, 5.74) is 0. The molecule has 0 spiro atoms. The zero-order valence-corrected chi connectivity index (χ0v) is 10.6. The third kappa shape index (κ3) is 10.2. The molecule has 0 saturated heterocycles. The zero-order valence-electron chi connectivity index (χ0n) is 5.94. The van der Waals surface area contributed by atoms with Crippen molar-refractivity contribution in [2.24, 2.45) is 0 Å². The van der Waals surface area contributed by atoms with Crippen LogP contribution in [0.15, 0.2) is 0 Å². The van der Waals surface area contributed by atoms with Gasteiger partial charge < -0.3 is 0 Å². The van der Waals surface area contributed by atoms with Crippen LogP contribution in [-0.4, -0.2) is 0 Å². The van der Waals surface area contributed by atoms with Gasteiger partial charge in [0.1, 0.15) is 0 Å². The van der Waals surface area contributed by atoms with Gasteiger partial charge in [0, 0.05) is 0 Å². The van der Waals surface area contributed by atoms with Crippen LogP contribution in [-0.2, 0) is 17.1 Å². The molecule has 0 unspecified atom stereocenters. The summed E-state index contributed by atoms with van der Waals surface area (Å²) in [6.45, 7) is 4.60. The first-order valence-electron chi connectivity index (χ1n) is 3.41. The molecule has 0 aromatic carbocycles. The Morgan fingerprint density at radius 3 is 2.25 bits per heavy atom. The Bertz CT molecular complexity index is 27.7. The van der Waals surface area contributed by atoms with Crippen LogP contribution in [0.5, 0.6) is 0 Å². The third-order valence-electron chi connectivity index (χ3n) is 1.21. The van der Waals surface area contributed by atoms with E-state index < -0.39 is 0 Å². The second-order valence-electron chi connectivity index (χ2n) is 2.06. The molecule has 0 aliphatic carbocycles. The van der Waals surface area contributed by atoms with Crippen LogP contribution in [0.25, 0.3) is 0 Å². The summed E-state index contributed by atoms with van der Waals surface area (Å²) in [6.07, 6.45) is 2.92. The van der Waals surface area contributed by atoms with Gasteiger partial charge in [-0.15, -0.1) is 17.0 Å². The van der Waals surface area contributed by atoms with Crippen LogP contribution in [0.4, 0.5) is 0 Å². The van der Waals surface area contributed by atoms with Crippen molar-refractivity contribution in [3.8, 4) is 0 Å². The van der Waals surface area contributed by atoms with E-state index in [0.29, 0.717) is 0 Å². The average molecular weight is 232 g/mol. The predicted octanol–water partition coefficient (Wildman–Crippen LogP) is 3.30. The second-order valence-corrected chi connectivity index (χ2v) is 7.13. The van der Waals surface area contributed by atoms with E-state index in [0.717, 1.165) is 0 Å². The number of halogens is 1. The number of hydrogen-bond acceptors (Lipinski definition) is 0. The number of hydrogen-bond donors (Lipinski definition) is 0. The Kier molecular flexibility index (Phi) is 16.3. The number of unbranched alkanes of at least 4 members (excludes halogenated alkanes) is 1. The van der Waals surface area contributed by atoms with E-state index in [1.807, 2.05) is 0 Å². The van der Waals surface area contributed by atoms with Crippen LogP contribution >= 0.6 is 17.0 Å². The Labute approximate surface area is 70.8 Å². The van der Waals surface area contributed by atoms with Crippen molar-refractivity contribution in [1.29, 1.82) is 0 Å². The van der Waals surface area contributed by atoms with E-state index in [-0.39, 0.29) is 34.1 Å². The van der Waals surface area contributed by atoms with E-state index in [9.17, 15) is 0 Å². The quantitative estimate of drug-likeness (QED) is 0.515. The molecular formula is C6H15BrZn. The first-order valence-corrected chi connectivity index (χ1v) is 7.61. The molecule has 0 nitrogen and oxygen atoms in total. The molecular weight excluding hydrogens is 217 g/mol. The van der Waals surface area contributed by atoms with Crippen LogP contribution in [0.1, 0.15) is 26.7 Å². The standard InChI is InChI=1S/C4H9.C2H5.BrH.Zn/c1-3-4-2;1-2;;/h1,3-4H2,2H3;1H2,2H3;1H;. The maximum atomic E-state index is 2.33. The second kappa shape index (κ2) is 11.0. The Balaban J connectivity index is 0. The summed E-state index contributed by atoms with van der Waals surface area (Å²) in [5.74, 6) is 0. The van der Waals surface area contributed by atoms with Crippen molar-refractivity contribution >= 4 is 17.0 Å². The van der Waals surface area contributed by atoms with E-state index in [4.69, 9.17) is 0 Å². The van der Waals surface area contributed by atoms with Crippen LogP contribution in [0, 0.1) is 0 Å². The zero-order chi connectivity index (χ0) is 5.54. The van der Waals surface area contributed by atoms with Gasteiger partial charge in [-0.25, -0.2) is 0 Å². The van der Waals surface area contributed by atoms with Gasteiger partial charge in [-0.2, -0.15) is 0 Å². The molecule has 0 atom stereocenters. The molecule has 0 fully saturated rings. The van der Waals surface area contributed by atoms with Gasteiger partial charge in [0.15, 0.2) is 0 Å². The molecule has 0 saturated carbocycles. The fraction of sp³-hybridized carbons (Fsp3) is 1.00. The minimum absolute atomic E-state index is 0. The molecule has 2 heteroatoms. The molecule has 0 heterocycles. The van der Waals surface area contributed by atoms with Gasteiger partial charge in [0.25, 0.3) is 0 Å². The van der Waals surface area contributed by atoms with Crippen molar-refractivity contribution in [3.05, 3.63) is 0 Å². The Hall–Kier alpha value is 1.10. The topological polar surface area (TPSA) is 0 Å². The molecule has 0 N–H and O–H groups in total. The average Bonchev–Trinajstić information content (AvgIpc) is 1.69. The van der Waals surface area contributed by atoms with Crippen LogP contribution in [0.3, 0.4) is 0 Å². The van der Waals surface area contributed by atoms with E-state index >= 15 is 0 Å². The summed E-state index contributed by atoms with van der Waals surface area (Å²) < 4.78 is 0. The van der Waals surface area contributed by atoms with Crippen molar-refractivity contribution in [1.82, 2.24) is 0 Å². The van der Waals surface area contributed by atoms with E-state index in [1.165, 1.54) is 12.8 Å². The Morgan fingerprint density at radius 1 is 1.25 bits per heavy atom. The van der Waals surface area contributed by atoms with Gasteiger partial charge in [0.2, 0.25) is 0 Å². The molecule has 0 aliphatic rings. The van der Waals surface area contributed by atoms with Crippen molar-refractivity contribution < 1.29 is 17.1 Å². The van der Waals surface area contributed by atoms with Crippen molar-refractivity contribution in [2.45, 2.75) is 36.7 Å². The van der Waals surface area contributed by atoms with Gasteiger partial charge in [-0.1, -0.05) is 0 Å². The fourth-order valence-electron chi connectivity index (χ4n) is 0.677. The Morgan fingerprint density at radius 2 is 1.88 bits per heavy atom. The molecule has 0 radical (unpaired) electrons. The SMILES string of the molecule is Br.CCC[CH2][Zn][CH2]C. The molecule has 0 aromatic heterocycles. The number of rotatable bonds is 4. The first kappa shape index (κ1) is 11.8. The monoisotopic (exact) mass is 230 g/mol. The summed E-state index contributed by atoms with van der Waals surface area (Å²) in [6, 6.07) is 0. The summed E-state index contributed by atoms with van der Waals surface area (Å²) in [7, 11) is 0. The maximum absolute atomic E-state index is 2.33.